The van der Waals surface area contributed by atoms with Crippen molar-refractivity contribution in [2.45, 2.75) is 24.5 Å². The second-order valence-corrected chi connectivity index (χ2v) is 8.86. The molecule has 0 bridgehead atoms. The maximum atomic E-state index is 13.0. The summed E-state index contributed by atoms with van der Waals surface area (Å²) in [6.07, 6.45) is 0.675. The van der Waals surface area contributed by atoms with Crippen LogP contribution in [0, 0.1) is 6.92 Å². The number of amides is 2. The van der Waals surface area contributed by atoms with E-state index in [1.54, 1.807) is 43.0 Å². The number of ether oxygens (including phenoxy) is 1. The Bertz CT molecular complexity index is 1000. The van der Waals surface area contributed by atoms with Gasteiger partial charge in [-0.15, -0.1) is 0 Å². The smallest absolute Gasteiger partial charge is 0.338 e. The summed E-state index contributed by atoms with van der Waals surface area (Å²) in [6, 6.07) is 6.25. The molecule has 2 heterocycles. The fourth-order valence-corrected chi connectivity index (χ4v) is 4.85. The first-order valence-corrected chi connectivity index (χ1v) is 10.9. The Labute approximate surface area is 166 Å². The van der Waals surface area contributed by atoms with E-state index in [9.17, 15) is 18.0 Å². The molecule has 1 fully saturated rings. The van der Waals surface area contributed by atoms with Gasteiger partial charge in [0.05, 0.1) is 17.9 Å². The fraction of sp³-hybridized carbons (Fsp3) is 0.353. The predicted molar refractivity (Wildman–Crippen MR) is 105 cm³/mol. The number of hydrogen-bond donors (Lipinski definition) is 1. The minimum atomic E-state index is -3.89. The molecule has 0 saturated carbocycles. The van der Waals surface area contributed by atoms with Crippen molar-refractivity contribution in [3.63, 3.8) is 0 Å². The van der Waals surface area contributed by atoms with E-state index in [-0.39, 0.29) is 22.5 Å². The van der Waals surface area contributed by atoms with Gasteiger partial charge in [-0.05, 0) is 44.5 Å². The van der Waals surface area contributed by atoms with Crippen LogP contribution < -0.4 is 14.9 Å². The lowest BCUT2D eigenvalue weighted by atomic mass is 10.2. The maximum Gasteiger partial charge on any atom is 0.338 e. The molecule has 2 N–H and O–H groups in total. The molecule has 1 aliphatic heterocycles. The van der Waals surface area contributed by atoms with Crippen molar-refractivity contribution in [1.29, 1.82) is 0 Å². The van der Waals surface area contributed by atoms with Crippen molar-refractivity contribution in [3.05, 3.63) is 35.5 Å². The van der Waals surface area contributed by atoms with Crippen LogP contribution >= 0.6 is 11.3 Å². The van der Waals surface area contributed by atoms with Crippen LogP contribution in [0.25, 0.3) is 0 Å². The highest BCUT2D eigenvalue weighted by atomic mass is 32.2. The molecular weight excluding hydrogens is 404 g/mol. The number of esters is 1. The van der Waals surface area contributed by atoms with Crippen molar-refractivity contribution in [3.8, 4) is 0 Å². The third-order valence-corrected chi connectivity index (χ3v) is 6.88. The minimum absolute atomic E-state index is 0.0498. The zero-order chi connectivity index (χ0) is 20.5. The highest BCUT2D eigenvalue weighted by Crippen LogP contribution is 2.32. The first-order chi connectivity index (χ1) is 13.2. The molecule has 0 unspecified atom stereocenters. The number of aromatic nitrogens is 1. The van der Waals surface area contributed by atoms with Crippen LogP contribution in [0.5, 0.6) is 0 Å². The van der Waals surface area contributed by atoms with E-state index in [4.69, 9.17) is 9.88 Å². The number of carbonyl (C=O) groups is 2. The normalized spacial score (nSPS) is 15.0. The predicted octanol–water partition coefficient (Wildman–Crippen LogP) is 2.11. The summed E-state index contributed by atoms with van der Waals surface area (Å²) in [5.41, 5.74) is 1.30. The number of benzene rings is 1. The fourth-order valence-electron chi connectivity index (χ4n) is 2.88. The third-order valence-electron chi connectivity index (χ3n) is 4.15. The molecule has 0 spiro atoms. The van der Waals surface area contributed by atoms with Crippen LogP contribution in [0.2, 0.25) is 0 Å². The van der Waals surface area contributed by atoms with Crippen LogP contribution in [-0.4, -0.2) is 45.1 Å². The average molecular weight is 425 g/mol. The summed E-state index contributed by atoms with van der Waals surface area (Å²) in [7, 11) is -3.89. The Hall–Kier alpha value is -2.50. The Morgan fingerprint density at radius 3 is 2.46 bits per heavy atom. The molecule has 0 atom stereocenters. The Morgan fingerprint density at radius 1 is 1.25 bits per heavy atom. The second-order valence-electron chi connectivity index (χ2n) is 6.12. The quantitative estimate of drug-likeness (QED) is 0.734. The largest absolute Gasteiger partial charge is 0.462 e. The van der Waals surface area contributed by atoms with Crippen molar-refractivity contribution in [2.75, 3.05) is 29.5 Å². The SMILES string of the molecule is CCOC(=O)c1ccc(N2CCCN(c3nc(C)c(S(N)(=O)=O)s3)C2=O)cc1. The lowest BCUT2D eigenvalue weighted by Gasteiger charge is -2.34. The van der Waals surface area contributed by atoms with Gasteiger partial charge in [-0.25, -0.2) is 28.1 Å². The van der Waals surface area contributed by atoms with Gasteiger partial charge in [0.2, 0.25) is 10.0 Å². The molecular formula is C17H20N4O5S2. The molecule has 0 radical (unpaired) electrons. The summed E-state index contributed by atoms with van der Waals surface area (Å²) in [5.74, 6) is -0.422. The monoisotopic (exact) mass is 424 g/mol. The number of hydrogen-bond acceptors (Lipinski definition) is 7. The second kappa shape index (κ2) is 7.86. The molecule has 1 aliphatic rings. The topological polar surface area (TPSA) is 123 Å². The van der Waals surface area contributed by atoms with Crippen LogP contribution in [0.1, 0.15) is 29.4 Å². The summed E-state index contributed by atoms with van der Waals surface area (Å²) in [6.45, 7) is 4.48. The van der Waals surface area contributed by atoms with Crippen molar-refractivity contribution < 1.29 is 22.7 Å². The maximum absolute atomic E-state index is 13.0. The number of urea groups is 1. The minimum Gasteiger partial charge on any atom is -0.462 e. The van der Waals surface area contributed by atoms with Crippen LogP contribution in [0.4, 0.5) is 15.6 Å². The van der Waals surface area contributed by atoms with Crippen molar-refractivity contribution in [1.82, 2.24) is 4.98 Å². The molecule has 11 heteroatoms. The molecule has 150 valence electrons. The van der Waals surface area contributed by atoms with Gasteiger partial charge in [-0.3, -0.25) is 9.80 Å². The molecule has 28 heavy (non-hydrogen) atoms. The summed E-state index contributed by atoms with van der Waals surface area (Å²) in [4.78, 5) is 32.0. The van der Waals surface area contributed by atoms with Gasteiger partial charge in [-0.2, -0.15) is 0 Å². The molecule has 0 aliphatic carbocycles. The van der Waals surface area contributed by atoms with Gasteiger partial charge in [-0.1, -0.05) is 11.3 Å². The number of aryl methyl sites for hydroxylation is 1. The van der Waals surface area contributed by atoms with Crippen molar-refractivity contribution >= 4 is 44.2 Å². The number of primary sulfonamides is 1. The number of anilines is 2. The number of nitrogens with two attached hydrogens (primary N) is 1. The van der Waals surface area contributed by atoms with Gasteiger partial charge in [0.25, 0.3) is 0 Å². The Balaban J connectivity index is 1.84. The Kier molecular flexibility index (Phi) is 5.68. The number of carbonyl (C=O) groups excluding carboxylic acids is 2. The first kappa shape index (κ1) is 20.2. The standard InChI is InChI=1S/C17H20N4O5S2/c1-3-26-14(22)12-5-7-13(8-6-12)20-9-4-10-21(17(20)23)16-19-11(2)15(27-16)28(18,24)25/h5-8H,3-4,9-10H2,1-2H3,(H2,18,24,25). The summed E-state index contributed by atoms with van der Waals surface area (Å²) in [5, 5.41) is 5.50. The van der Waals surface area contributed by atoms with Gasteiger partial charge in [0.1, 0.15) is 0 Å². The lowest BCUT2D eigenvalue weighted by Crippen LogP contribution is -2.49. The molecule has 1 aromatic heterocycles. The van der Waals surface area contributed by atoms with Gasteiger partial charge >= 0.3 is 12.0 Å². The van der Waals surface area contributed by atoms with Gasteiger partial charge < -0.3 is 4.74 Å². The van der Waals surface area contributed by atoms with Crippen molar-refractivity contribution in [2.24, 2.45) is 5.14 Å². The van der Waals surface area contributed by atoms with Gasteiger partial charge in [0.15, 0.2) is 9.34 Å². The zero-order valence-corrected chi connectivity index (χ0v) is 17.0. The van der Waals surface area contributed by atoms with E-state index in [2.05, 4.69) is 4.98 Å². The lowest BCUT2D eigenvalue weighted by molar-refractivity contribution is 0.0526. The Morgan fingerprint density at radius 2 is 1.89 bits per heavy atom. The van der Waals surface area contributed by atoms with Crippen LogP contribution in [0.3, 0.4) is 0 Å². The average Bonchev–Trinajstić information content (AvgIpc) is 3.04. The molecule has 9 nitrogen and oxygen atoms in total. The highest BCUT2D eigenvalue weighted by Gasteiger charge is 2.31. The van der Waals surface area contributed by atoms with E-state index in [0.29, 0.717) is 35.9 Å². The molecule has 2 amide bonds. The van der Waals surface area contributed by atoms with E-state index < -0.39 is 16.0 Å². The molecule has 2 aromatic rings. The van der Waals surface area contributed by atoms with E-state index >= 15 is 0 Å². The highest BCUT2D eigenvalue weighted by molar-refractivity contribution is 7.91. The van der Waals surface area contributed by atoms with E-state index in [1.165, 1.54) is 4.90 Å². The molecule has 3 rings (SSSR count). The first-order valence-electron chi connectivity index (χ1n) is 8.59. The zero-order valence-electron chi connectivity index (χ0n) is 15.4. The van der Waals surface area contributed by atoms with Gasteiger partial charge in [0, 0.05) is 18.8 Å². The van der Waals surface area contributed by atoms with Crippen LogP contribution in [0.15, 0.2) is 28.5 Å². The number of sulfonamides is 1. The summed E-state index contributed by atoms with van der Waals surface area (Å²) < 4.78 is 28.2. The number of nitrogens with zero attached hydrogens (tertiary/aromatic N) is 3. The molecule has 1 saturated heterocycles. The van der Waals surface area contributed by atoms with E-state index in [1.807, 2.05) is 0 Å². The number of rotatable bonds is 5. The number of thiazole rings is 1. The molecule has 1 aromatic carbocycles. The van der Waals surface area contributed by atoms with Crippen LogP contribution in [-0.2, 0) is 14.8 Å². The third kappa shape index (κ3) is 4.01. The summed E-state index contributed by atoms with van der Waals surface area (Å²) >= 11 is 0.879. The van der Waals surface area contributed by atoms with E-state index in [0.717, 1.165) is 11.3 Å².